The lowest BCUT2D eigenvalue weighted by molar-refractivity contribution is -0.145. The van der Waals surface area contributed by atoms with Crippen LogP contribution < -0.4 is 5.32 Å². The lowest BCUT2D eigenvalue weighted by Gasteiger charge is -2.18. The third kappa shape index (κ3) is 27.3. The highest BCUT2D eigenvalue weighted by Crippen LogP contribution is 2.12. The molecule has 4 heteroatoms. The second-order valence-corrected chi connectivity index (χ2v) is 10.7. The highest BCUT2D eigenvalue weighted by molar-refractivity contribution is 5.73. The van der Waals surface area contributed by atoms with Gasteiger partial charge in [0.1, 0.15) is 6.61 Å². The summed E-state index contributed by atoms with van der Waals surface area (Å²) in [6, 6.07) is -0.0549. The molecule has 212 valence electrons. The summed E-state index contributed by atoms with van der Waals surface area (Å²) < 4.78 is 5.48. The minimum absolute atomic E-state index is 0.0483. The number of carbonyl (C=O) groups excluding carboxylic acids is 2. The van der Waals surface area contributed by atoms with E-state index in [-0.39, 0.29) is 17.9 Å². The topological polar surface area (TPSA) is 55.4 Å². The number of allylic oxidation sites excluding steroid dienone is 2. The van der Waals surface area contributed by atoms with Crippen molar-refractivity contribution in [2.45, 2.75) is 174 Å². The van der Waals surface area contributed by atoms with Gasteiger partial charge in [-0.05, 0) is 38.5 Å². The molecule has 1 unspecified atom stereocenters. The Hall–Kier alpha value is -1.32. The molecule has 0 radical (unpaired) electrons. The molecule has 0 bridgehead atoms. The maximum Gasteiger partial charge on any atom is 0.305 e. The van der Waals surface area contributed by atoms with Crippen LogP contribution in [0, 0.1) is 0 Å². The average molecular weight is 508 g/mol. The molecule has 1 N–H and O–H groups in total. The summed E-state index contributed by atoms with van der Waals surface area (Å²) in [7, 11) is 0. The summed E-state index contributed by atoms with van der Waals surface area (Å²) in [6.45, 7) is 6.35. The van der Waals surface area contributed by atoms with Crippen LogP contribution in [-0.4, -0.2) is 24.5 Å². The summed E-state index contributed by atoms with van der Waals surface area (Å²) in [4.78, 5) is 23.6. The fourth-order valence-corrected chi connectivity index (χ4v) is 4.62. The number of nitrogens with one attached hydrogen (secondary N) is 1. The third-order valence-corrected chi connectivity index (χ3v) is 6.90. The summed E-state index contributed by atoms with van der Waals surface area (Å²) in [6.07, 6.45) is 32.5. The normalized spacial score (nSPS) is 12.2. The maximum absolute atomic E-state index is 12.1. The van der Waals surface area contributed by atoms with E-state index in [1.807, 2.05) is 0 Å². The Balaban J connectivity index is 3.66. The van der Waals surface area contributed by atoms with Gasteiger partial charge in [0.25, 0.3) is 0 Å². The predicted octanol–water partition coefficient (Wildman–Crippen LogP) is 9.60. The molecule has 1 amide bonds. The Morgan fingerprint density at radius 2 is 1.08 bits per heavy atom. The Morgan fingerprint density at radius 1 is 0.639 bits per heavy atom. The van der Waals surface area contributed by atoms with Crippen molar-refractivity contribution < 1.29 is 14.3 Å². The van der Waals surface area contributed by atoms with Crippen LogP contribution in [0.5, 0.6) is 0 Å². The highest BCUT2D eigenvalue weighted by atomic mass is 16.5. The average Bonchev–Trinajstić information content (AvgIpc) is 2.86. The number of rotatable bonds is 27. The van der Waals surface area contributed by atoms with Gasteiger partial charge in [-0.15, -0.1) is 0 Å². The van der Waals surface area contributed by atoms with Crippen LogP contribution in [-0.2, 0) is 14.3 Å². The van der Waals surface area contributed by atoms with Crippen LogP contribution >= 0.6 is 0 Å². The van der Waals surface area contributed by atoms with Gasteiger partial charge in [0.2, 0.25) is 5.91 Å². The molecule has 0 fully saturated rings. The highest BCUT2D eigenvalue weighted by Gasteiger charge is 2.13. The van der Waals surface area contributed by atoms with Crippen molar-refractivity contribution in [2.75, 3.05) is 6.61 Å². The van der Waals surface area contributed by atoms with Crippen molar-refractivity contribution >= 4 is 11.9 Å². The molecule has 0 rings (SSSR count). The lowest BCUT2D eigenvalue weighted by Crippen LogP contribution is -2.37. The number of ether oxygens (including phenoxy) is 1. The summed E-state index contributed by atoms with van der Waals surface area (Å²) in [5, 5.41) is 2.95. The third-order valence-electron chi connectivity index (χ3n) is 6.90. The van der Waals surface area contributed by atoms with Crippen molar-refractivity contribution in [3.05, 3.63) is 12.2 Å². The van der Waals surface area contributed by atoms with Crippen LogP contribution in [0.1, 0.15) is 168 Å². The minimum atomic E-state index is -0.126. The zero-order chi connectivity index (χ0) is 26.5. The standard InChI is InChI=1S/C32H61NO3/c1-4-6-8-10-12-14-15-16-17-18-19-20-22-24-26-28-32(35)36-29-31(33-30(3)34)27-25-23-21-13-11-9-7-5-2/h16-17,31H,4-15,18-29H2,1-3H3,(H,33,34). The summed E-state index contributed by atoms with van der Waals surface area (Å²) in [5.41, 5.74) is 0. The van der Waals surface area contributed by atoms with Gasteiger partial charge in [-0.3, -0.25) is 9.59 Å². The van der Waals surface area contributed by atoms with Gasteiger partial charge < -0.3 is 10.1 Å². The van der Waals surface area contributed by atoms with Crippen LogP contribution in [0.25, 0.3) is 0 Å². The Labute approximate surface area is 224 Å². The van der Waals surface area contributed by atoms with Crippen molar-refractivity contribution in [3.63, 3.8) is 0 Å². The molecular weight excluding hydrogens is 446 g/mol. The molecule has 0 aromatic rings. The Kier molecular flexibility index (Phi) is 27.2. The number of amides is 1. The number of esters is 1. The van der Waals surface area contributed by atoms with E-state index in [1.54, 1.807) is 0 Å². The second-order valence-electron chi connectivity index (χ2n) is 10.7. The van der Waals surface area contributed by atoms with Crippen molar-refractivity contribution in [3.8, 4) is 0 Å². The molecule has 36 heavy (non-hydrogen) atoms. The molecule has 0 saturated heterocycles. The molecule has 0 saturated carbocycles. The Bertz CT molecular complexity index is 518. The number of hydrogen-bond donors (Lipinski definition) is 1. The van der Waals surface area contributed by atoms with Gasteiger partial charge >= 0.3 is 5.97 Å². The number of unbranched alkanes of at least 4 members (excludes halogenated alkanes) is 18. The molecule has 0 aliphatic rings. The quantitative estimate of drug-likeness (QED) is 0.0684. The molecule has 0 spiro atoms. The first kappa shape index (κ1) is 34.7. The van der Waals surface area contributed by atoms with E-state index in [0.717, 1.165) is 25.7 Å². The zero-order valence-corrected chi connectivity index (χ0v) is 24.4. The van der Waals surface area contributed by atoms with E-state index >= 15 is 0 Å². The van der Waals surface area contributed by atoms with Crippen molar-refractivity contribution in [1.82, 2.24) is 5.32 Å². The first-order valence-corrected chi connectivity index (χ1v) is 15.7. The monoisotopic (exact) mass is 507 g/mol. The lowest BCUT2D eigenvalue weighted by atomic mass is 10.0. The van der Waals surface area contributed by atoms with Gasteiger partial charge in [0.15, 0.2) is 0 Å². The Morgan fingerprint density at radius 3 is 1.58 bits per heavy atom. The van der Waals surface area contributed by atoms with E-state index in [9.17, 15) is 9.59 Å². The molecule has 0 aromatic heterocycles. The molecule has 0 aliphatic heterocycles. The summed E-state index contributed by atoms with van der Waals surface area (Å²) >= 11 is 0. The van der Waals surface area contributed by atoms with Crippen LogP contribution in [0.3, 0.4) is 0 Å². The first-order chi connectivity index (χ1) is 17.6. The minimum Gasteiger partial charge on any atom is -0.463 e. The second kappa shape index (κ2) is 28.3. The van der Waals surface area contributed by atoms with Crippen molar-refractivity contribution in [2.24, 2.45) is 0 Å². The molecule has 1 atom stereocenters. The zero-order valence-electron chi connectivity index (χ0n) is 24.4. The van der Waals surface area contributed by atoms with Gasteiger partial charge in [-0.2, -0.15) is 0 Å². The largest absolute Gasteiger partial charge is 0.463 e. The van der Waals surface area contributed by atoms with Crippen LogP contribution in [0.4, 0.5) is 0 Å². The van der Waals surface area contributed by atoms with Gasteiger partial charge in [0.05, 0.1) is 6.04 Å². The number of carbonyl (C=O) groups is 2. The SMILES string of the molecule is CCCCCCCCC=CCCCCCCCC(=O)OCC(CCCCCCCCCC)NC(C)=O. The predicted molar refractivity (Wildman–Crippen MR) is 155 cm³/mol. The van der Waals surface area contributed by atoms with Gasteiger partial charge in [-0.25, -0.2) is 0 Å². The maximum atomic E-state index is 12.1. The van der Waals surface area contributed by atoms with E-state index in [2.05, 4.69) is 31.3 Å². The van der Waals surface area contributed by atoms with E-state index in [0.29, 0.717) is 13.0 Å². The molecule has 0 heterocycles. The first-order valence-electron chi connectivity index (χ1n) is 15.7. The van der Waals surface area contributed by atoms with Crippen LogP contribution in [0.2, 0.25) is 0 Å². The van der Waals surface area contributed by atoms with E-state index < -0.39 is 0 Å². The molecular formula is C32H61NO3. The van der Waals surface area contributed by atoms with Crippen molar-refractivity contribution in [1.29, 1.82) is 0 Å². The van der Waals surface area contributed by atoms with E-state index in [1.165, 1.54) is 122 Å². The smallest absolute Gasteiger partial charge is 0.305 e. The fraction of sp³-hybridized carbons (Fsp3) is 0.875. The van der Waals surface area contributed by atoms with Crippen LogP contribution in [0.15, 0.2) is 12.2 Å². The summed E-state index contributed by atoms with van der Waals surface area (Å²) in [5.74, 6) is -0.174. The molecule has 0 aromatic carbocycles. The van der Waals surface area contributed by atoms with E-state index in [4.69, 9.17) is 4.74 Å². The molecule has 0 aliphatic carbocycles. The van der Waals surface area contributed by atoms with Gasteiger partial charge in [0, 0.05) is 13.3 Å². The molecule has 4 nitrogen and oxygen atoms in total. The fourth-order valence-electron chi connectivity index (χ4n) is 4.62. The number of hydrogen-bond acceptors (Lipinski definition) is 3. The van der Waals surface area contributed by atoms with Gasteiger partial charge in [-0.1, -0.05) is 129 Å².